The quantitative estimate of drug-likeness (QED) is 0.923. The molecule has 0 spiro atoms. The van der Waals surface area contributed by atoms with E-state index in [2.05, 4.69) is 5.10 Å². The Morgan fingerprint density at radius 1 is 1.37 bits per heavy atom. The van der Waals surface area contributed by atoms with E-state index in [4.69, 9.17) is 10.5 Å². The van der Waals surface area contributed by atoms with Crippen LogP contribution in [0.3, 0.4) is 0 Å². The average molecular weight is 267 g/mol. The van der Waals surface area contributed by atoms with Crippen molar-refractivity contribution >= 4 is 0 Å². The van der Waals surface area contributed by atoms with E-state index in [1.807, 2.05) is 0 Å². The van der Waals surface area contributed by atoms with E-state index in [1.54, 1.807) is 31.0 Å². The van der Waals surface area contributed by atoms with E-state index in [-0.39, 0.29) is 5.75 Å². The zero-order chi connectivity index (χ0) is 14.0. The minimum absolute atomic E-state index is 0.161. The molecule has 2 N–H and O–H groups in total. The van der Waals surface area contributed by atoms with Crippen LogP contribution >= 0.6 is 0 Å². The number of halogens is 2. The minimum atomic E-state index is -1.02. The molecular formula is C13H15F2N3O. The fourth-order valence-corrected chi connectivity index (χ4v) is 1.78. The smallest absolute Gasteiger partial charge is 0.200 e. The largest absolute Gasteiger partial charge is 0.481 e. The Balaban J connectivity index is 2.29. The van der Waals surface area contributed by atoms with Crippen LogP contribution < -0.4 is 10.5 Å². The standard InChI is InChI=1S/C13H15F2N3O/c1-8(16)13(9-6-17-18(2)7-9)19-11-5-3-4-10(14)12(11)15/h3-8,13H,16H2,1-2H3. The Labute approximate surface area is 109 Å². The molecule has 0 fully saturated rings. The molecule has 0 aliphatic heterocycles. The van der Waals surface area contributed by atoms with Crippen LogP contribution in [0, 0.1) is 11.6 Å². The molecule has 2 rings (SSSR count). The third-order valence-corrected chi connectivity index (χ3v) is 2.70. The van der Waals surface area contributed by atoms with E-state index in [0.29, 0.717) is 5.56 Å². The summed E-state index contributed by atoms with van der Waals surface area (Å²) in [5, 5.41) is 4.01. The molecule has 2 aromatic rings. The van der Waals surface area contributed by atoms with Gasteiger partial charge in [0.25, 0.3) is 0 Å². The first kappa shape index (κ1) is 13.5. The summed E-state index contributed by atoms with van der Waals surface area (Å²) in [5.41, 5.74) is 6.55. The number of benzene rings is 1. The monoisotopic (exact) mass is 267 g/mol. The van der Waals surface area contributed by atoms with Gasteiger partial charge in [-0.1, -0.05) is 6.07 Å². The van der Waals surface area contributed by atoms with E-state index in [9.17, 15) is 8.78 Å². The fraction of sp³-hybridized carbons (Fsp3) is 0.308. The van der Waals surface area contributed by atoms with Crippen molar-refractivity contribution in [1.82, 2.24) is 9.78 Å². The van der Waals surface area contributed by atoms with Gasteiger partial charge in [0.05, 0.1) is 6.20 Å². The van der Waals surface area contributed by atoms with Crippen LogP contribution in [0.5, 0.6) is 5.75 Å². The van der Waals surface area contributed by atoms with Crippen molar-refractivity contribution in [2.45, 2.75) is 19.1 Å². The van der Waals surface area contributed by atoms with Crippen molar-refractivity contribution in [3.05, 3.63) is 47.8 Å². The van der Waals surface area contributed by atoms with Crippen molar-refractivity contribution < 1.29 is 13.5 Å². The van der Waals surface area contributed by atoms with Crippen molar-refractivity contribution in [1.29, 1.82) is 0 Å². The highest BCUT2D eigenvalue weighted by molar-refractivity contribution is 5.26. The first-order chi connectivity index (χ1) is 8.99. The first-order valence-corrected chi connectivity index (χ1v) is 5.84. The van der Waals surface area contributed by atoms with Crippen molar-refractivity contribution in [3.63, 3.8) is 0 Å². The Bertz CT molecular complexity index is 569. The van der Waals surface area contributed by atoms with E-state index < -0.39 is 23.8 Å². The molecule has 19 heavy (non-hydrogen) atoms. The Morgan fingerprint density at radius 2 is 2.11 bits per heavy atom. The second-order valence-corrected chi connectivity index (χ2v) is 4.40. The lowest BCUT2D eigenvalue weighted by atomic mass is 10.1. The van der Waals surface area contributed by atoms with E-state index >= 15 is 0 Å². The van der Waals surface area contributed by atoms with Gasteiger partial charge in [0.2, 0.25) is 5.82 Å². The lowest BCUT2D eigenvalue weighted by Gasteiger charge is -2.21. The summed E-state index contributed by atoms with van der Waals surface area (Å²) >= 11 is 0. The number of hydrogen-bond donors (Lipinski definition) is 1. The molecule has 0 aliphatic carbocycles. The third-order valence-electron chi connectivity index (χ3n) is 2.70. The Morgan fingerprint density at radius 3 is 2.68 bits per heavy atom. The van der Waals surface area contributed by atoms with Crippen LogP contribution in [0.4, 0.5) is 8.78 Å². The Kier molecular flexibility index (Phi) is 3.80. The molecule has 0 radical (unpaired) electrons. The van der Waals surface area contributed by atoms with Crippen molar-refractivity contribution in [3.8, 4) is 5.75 Å². The molecule has 0 saturated carbocycles. The van der Waals surface area contributed by atoms with Crippen LogP contribution in [0.1, 0.15) is 18.6 Å². The molecule has 1 heterocycles. The zero-order valence-electron chi connectivity index (χ0n) is 10.7. The van der Waals surface area contributed by atoms with Crippen molar-refractivity contribution in [2.24, 2.45) is 12.8 Å². The molecule has 2 unspecified atom stereocenters. The molecule has 4 nitrogen and oxygen atoms in total. The molecule has 1 aromatic carbocycles. The van der Waals surface area contributed by atoms with E-state index in [0.717, 1.165) is 6.07 Å². The summed E-state index contributed by atoms with van der Waals surface area (Å²) in [4.78, 5) is 0. The summed E-state index contributed by atoms with van der Waals surface area (Å²) in [6, 6.07) is 3.39. The van der Waals surface area contributed by atoms with E-state index in [1.165, 1.54) is 12.1 Å². The average Bonchev–Trinajstić information content (AvgIpc) is 2.77. The third kappa shape index (κ3) is 2.90. The van der Waals surface area contributed by atoms with Crippen LogP contribution in [-0.4, -0.2) is 15.8 Å². The molecule has 1 aromatic heterocycles. The lowest BCUT2D eigenvalue weighted by Crippen LogP contribution is -2.29. The number of rotatable bonds is 4. The highest BCUT2D eigenvalue weighted by Gasteiger charge is 2.22. The predicted molar refractivity (Wildman–Crippen MR) is 66.6 cm³/mol. The van der Waals surface area contributed by atoms with Gasteiger partial charge in [-0.2, -0.15) is 9.49 Å². The number of hydrogen-bond acceptors (Lipinski definition) is 3. The first-order valence-electron chi connectivity index (χ1n) is 5.84. The SMILES string of the molecule is CC(N)C(Oc1cccc(F)c1F)c1cnn(C)c1. The molecular weight excluding hydrogens is 252 g/mol. The van der Waals surface area contributed by atoms with Crippen LogP contribution in [-0.2, 0) is 7.05 Å². The van der Waals surface area contributed by atoms with Gasteiger partial charge < -0.3 is 10.5 Å². The number of aryl methyl sites for hydroxylation is 1. The molecule has 0 bridgehead atoms. The highest BCUT2D eigenvalue weighted by Crippen LogP contribution is 2.27. The minimum Gasteiger partial charge on any atom is -0.481 e. The summed E-state index contributed by atoms with van der Waals surface area (Å²) in [5.74, 6) is -2.13. The number of nitrogens with two attached hydrogens (primary N) is 1. The van der Waals surface area contributed by atoms with Crippen molar-refractivity contribution in [2.75, 3.05) is 0 Å². The van der Waals surface area contributed by atoms with Crippen LogP contribution in [0.15, 0.2) is 30.6 Å². The summed E-state index contributed by atoms with van der Waals surface area (Å²) in [6.07, 6.45) is 2.72. The fourth-order valence-electron chi connectivity index (χ4n) is 1.78. The molecule has 0 aliphatic rings. The maximum absolute atomic E-state index is 13.6. The number of ether oxygens (including phenoxy) is 1. The maximum atomic E-state index is 13.6. The van der Waals surface area contributed by atoms with Gasteiger partial charge in [0, 0.05) is 24.8 Å². The number of aromatic nitrogens is 2. The van der Waals surface area contributed by atoms with Gasteiger partial charge in [-0.25, -0.2) is 4.39 Å². The molecule has 2 atom stereocenters. The molecule has 0 saturated heterocycles. The van der Waals surface area contributed by atoms with Gasteiger partial charge in [-0.05, 0) is 19.1 Å². The Hall–Kier alpha value is -1.95. The van der Waals surface area contributed by atoms with Gasteiger partial charge in [0.1, 0.15) is 6.10 Å². The normalized spacial score (nSPS) is 14.2. The second kappa shape index (κ2) is 5.36. The molecule has 6 heteroatoms. The number of nitrogens with zero attached hydrogens (tertiary/aromatic N) is 2. The van der Waals surface area contributed by atoms with Gasteiger partial charge >= 0.3 is 0 Å². The van der Waals surface area contributed by atoms with Crippen LogP contribution in [0.2, 0.25) is 0 Å². The lowest BCUT2D eigenvalue weighted by molar-refractivity contribution is 0.170. The van der Waals surface area contributed by atoms with Crippen LogP contribution in [0.25, 0.3) is 0 Å². The predicted octanol–water partition coefficient (Wildman–Crippen LogP) is 2.17. The second-order valence-electron chi connectivity index (χ2n) is 4.40. The highest BCUT2D eigenvalue weighted by atomic mass is 19.2. The summed E-state index contributed by atoms with van der Waals surface area (Å²) in [7, 11) is 1.75. The topological polar surface area (TPSA) is 53.1 Å². The van der Waals surface area contributed by atoms with Gasteiger partial charge in [-0.3, -0.25) is 4.68 Å². The maximum Gasteiger partial charge on any atom is 0.200 e. The zero-order valence-corrected chi connectivity index (χ0v) is 10.7. The molecule has 102 valence electrons. The summed E-state index contributed by atoms with van der Waals surface area (Å²) in [6.45, 7) is 1.73. The molecule has 0 amide bonds. The van der Waals surface area contributed by atoms with Gasteiger partial charge in [-0.15, -0.1) is 0 Å². The summed E-state index contributed by atoms with van der Waals surface area (Å²) < 4.78 is 33.8. The van der Waals surface area contributed by atoms with Gasteiger partial charge in [0.15, 0.2) is 11.6 Å².